The highest BCUT2D eigenvalue weighted by atomic mass is 28.4. The number of para-hydroxylation sites is 1. The van der Waals surface area contributed by atoms with Gasteiger partial charge in [0.2, 0.25) is 0 Å². The van der Waals surface area contributed by atoms with Crippen LogP contribution >= 0.6 is 0 Å². The van der Waals surface area contributed by atoms with Crippen molar-refractivity contribution in [2.24, 2.45) is 0 Å². The van der Waals surface area contributed by atoms with Crippen molar-refractivity contribution < 1.29 is 13.9 Å². The molecule has 1 unspecified atom stereocenters. The van der Waals surface area contributed by atoms with Crippen molar-refractivity contribution in [3.8, 4) is 5.75 Å². The summed E-state index contributed by atoms with van der Waals surface area (Å²) in [6.45, 7) is 16.3. The van der Waals surface area contributed by atoms with E-state index < -0.39 is 8.32 Å². The summed E-state index contributed by atoms with van der Waals surface area (Å²) in [4.78, 5) is 0. The van der Waals surface area contributed by atoms with E-state index in [2.05, 4.69) is 46.9 Å². The van der Waals surface area contributed by atoms with E-state index in [1.54, 1.807) is 0 Å². The van der Waals surface area contributed by atoms with Gasteiger partial charge in [-0.05, 0) is 49.9 Å². The molecule has 0 amide bonds. The number of rotatable bonds is 5. The van der Waals surface area contributed by atoms with E-state index in [9.17, 15) is 0 Å². The van der Waals surface area contributed by atoms with Crippen molar-refractivity contribution in [3.05, 3.63) is 29.8 Å². The van der Waals surface area contributed by atoms with Gasteiger partial charge in [-0.2, -0.15) is 0 Å². The molecule has 1 fully saturated rings. The summed E-state index contributed by atoms with van der Waals surface area (Å²) in [6, 6.07) is 8.08. The topological polar surface area (TPSA) is 27.7 Å². The fourth-order valence-electron chi connectivity index (χ4n) is 3.12. The molecule has 2 aliphatic rings. The molecule has 148 valence electrons. The largest absolute Gasteiger partial charge is 0.488 e. The predicted octanol–water partition coefficient (Wildman–Crippen LogP) is 6.33. The second-order valence-electron chi connectivity index (χ2n) is 9.18. The molecular weight excluding hydrogens is 340 g/mol. The summed E-state index contributed by atoms with van der Waals surface area (Å²) in [5.74, 6) is 1.05. The van der Waals surface area contributed by atoms with Gasteiger partial charge in [-0.15, -0.1) is 0 Å². The minimum Gasteiger partial charge on any atom is -0.488 e. The Labute approximate surface area is 161 Å². The SMILES string of the molecule is CCCC1(CO[Si](C)(C)C(C)(C)C)CCCCO1.c1ccc2c(c1)CO2. The molecule has 26 heavy (non-hydrogen) atoms. The van der Waals surface area contributed by atoms with Gasteiger partial charge in [0, 0.05) is 12.2 Å². The summed E-state index contributed by atoms with van der Waals surface area (Å²) in [5, 5.41) is 0.287. The van der Waals surface area contributed by atoms with Crippen molar-refractivity contribution in [2.75, 3.05) is 13.2 Å². The molecule has 4 heteroatoms. The minimum atomic E-state index is -1.64. The lowest BCUT2D eigenvalue weighted by Gasteiger charge is -2.42. The zero-order valence-corrected chi connectivity index (χ0v) is 18.7. The van der Waals surface area contributed by atoms with Crippen molar-refractivity contribution in [1.82, 2.24) is 0 Å². The van der Waals surface area contributed by atoms with Crippen LogP contribution in [0.25, 0.3) is 0 Å². The second kappa shape index (κ2) is 8.90. The Morgan fingerprint density at radius 3 is 2.31 bits per heavy atom. The van der Waals surface area contributed by atoms with Gasteiger partial charge in [0.15, 0.2) is 8.32 Å². The lowest BCUT2D eigenvalue weighted by atomic mass is 9.90. The van der Waals surface area contributed by atoms with Crippen molar-refractivity contribution >= 4 is 8.32 Å². The fraction of sp³-hybridized carbons (Fsp3) is 0.727. The van der Waals surface area contributed by atoms with E-state index in [4.69, 9.17) is 13.9 Å². The van der Waals surface area contributed by atoms with E-state index in [1.165, 1.54) is 31.2 Å². The summed E-state index contributed by atoms with van der Waals surface area (Å²) in [7, 11) is -1.64. The number of fused-ring (bicyclic) bond motifs is 1. The van der Waals surface area contributed by atoms with Crippen LogP contribution < -0.4 is 4.74 Å². The molecule has 0 aliphatic carbocycles. The Bertz CT molecular complexity index is 528. The predicted molar refractivity (Wildman–Crippen MR) is 111 cm³/mol. The normalized spacial score (nSPS) is 22.4. The van der Waals surface area contributed by atoms with Gasteiger partial charge in [0.05, 0.1) is 12.2 Å². The molecule has 0 saturated carbocycles. The molecule has 0 aromatic heterocycles. The van der Waals surface area contributed by atoms with Crippen LogP contribution in [-0.2, 0) is 15.8 Å². The lowest BCUT2D eigenvalue weighted by molar-refractivity contribution is -0.109. The van der Waals surface area contributed by atoms with Gasteiger partial charge in [0.1, 0.15) is 12.4 Å². The fourth-order valence-corrected chi connectivity index (χ4v) is 4.17. The highest BCUT2D eigenvalue weighted by molar-refractivity contribution is 6.74. The third-order valence-corrected chi connectivity index (χ3v) is 10.5. The van der Waals surface area contributed by atoms with Gasteiger partial charge in [0.25, 0.3) is 0 Å². The molecular formula is C22H38O3Si. The summed E-state index contributed by atoms with van der Waals surface area (Å²) in [5.41, 5.74) is 1.34. The molecule has 0 radical (unpaired) electrons. The first-order valence-electron chi connectivity index (χ1n) is 10.2. The molecule has 0 spiro atoms. The zero-order chi connectivity index (χ0) is 19.3. The maximum absolute atomic E-state index is 6.40. The average Bonchev–Trinajstić information content (AvgIpc) is 2.55. The number of benzene rings is 1. The van der Waals surface area contributed by atoms with Crippen molar-refractivity contribution in [3.63, 3.8) is 0 Å². The van der Waals surface area contributed by atoms with E-state index >= 15 is 0 Å². The van der Waals surface area contributed by atoms with Crippen molar-refractivity contribution in [2.45, 2.75) is 90.1 Å². The average molecular weight is 379 g/mol. The third kappa shape index (κ3) is 5.58. The van der Waals surface area contributed by atoms with Crippen LogP contribution in [-0.4, -0.2) is 27.1 Å². The quantitative estimate of drug-likeness (QED) is 0.561. The van der Waals surface area contributed by atoms with E-state index in [0.717, 1.165) is 32.0 Å². The smallest absolute Gasteiger partial charge is 0.192 e. The van der Waals surface area contributed by atoms with Crippen LogP contribution in [0.1, 0.15) is 65.4 Å². The highest BCUT2D eigenvalue weighted by Gasteiger charge is 2.41. The van der Waals surface area contributed by atoms with Crippen LogP contribution in [0.2, 0.25) is 18.1 Å². The first-order chi connectivity index (χ1) is 12.2. The number of hydrogen-bond donors (Lipinski definition) is 0. The van der Waals surface area contributed by atoms with Crippen LogP contribution in [0.3, 0.4) is 0 Å². The van der Waals surface area contributed by atoms with Gasteiger partial charge < -0.3 is 13.9 Å². The molecule has 3 nitrogen and oxygen atoms in total. The van der Waals surface area contributed by atoms with Gasteiger partial charge >= 0.3 is 0 Å². The number of ether oxygens (including phenoxy) is 2. The Morgan fingerprint density at radius 1 is 1.15 bits per heavy atom. The Morgan fingerprint density at radius 2 is 1.88 bits per heavy atom. The molecule has 1 aromatic carbocycles. The van der Waals surface area contributed by atoms with E-state index in [0.29, 0.717) is 0 Å². The Balaban J connectivity index is 0.000000247. The van der Waals surface area contributed by atoms with Crippen LogP contribution in [0.15, 0.2) is 24.3 Å². The molecule has 0 bridgehead atoms. The standard InChI is InChI=1S/C15H32O2Si.C7H6O/c1-7-10-15(11-8-9-12-16-15)13-17-18(5,6)14(2,3)4;1-2-4-7-6(3-1)5-8-7/h7-13H2,1-6H3;1-4H,5H2. The lowest BCUT2D eigenvalue weighted by Crippen LogP contribution is -2.48. The maximum atomic E-state index is 6.40. The minimum absolute atomic E-state index is 0.0164. The molecule has 3 rings (SSSR count). The highest BCUT2D eigenvalue weighted by Crippen LogP contribution is 2.39. The van der Waals surface area contributed by atoms with E-state index in [1.807, 2.05) is 18.2 Å². The summed E-state index contributed by atoms with van der Waals surface area (Å²) in [6.07, 6.45) is 6.00. The number of hydrogen-bond acceptors (Lipinski definition) is 3. The van der Waals surface area contributed by atoms with Crippen molar-refractivity contribution in [1.29, 1.82) is 0 Å². The molecule has 1 aromatic rings. The second-order valence-corrected chi connectivity index (χ2v) is 14.0. The summed E-state index contributed by atoms with van der Waals surface area (Å²) >= 11 is 0. The molecule has 2 heterocycles. The molecule has 0 N–H and O–H groups in total. The Kier molecular flexibility index (Phi) is 7.34. The first-order valence-corrected chi connectivity index (χ1v) is 13.1. The molecule has 1 saturated heterocycles. The monoisotopic (exact) mass is 378 g/mol. The van der Waals surface area contributed by atoms with Crippen LogP contribution in [0, 0.1) is 0 Å². The Hall–Kier alpha value is -0.843. The van der Waals surface area contributed by atoms with Gasteiger partial charge in [-0.1, -0.05) is 52.3 Å². The van der Waals surface area contributed by atoms with Gasteiger partial charge in [-0.3, -0.25) is 0 Å². The molecule has 1 atom stereocenters. The summed E-state index contributed by atoms with van der Waals surface area (Å²) < 4.78 is 17.6. The zero-order valence-electron chi connectivity index (χ0n) is 17.7. The van der Waals surface area contributed by atoms with E-state index in [-0.39, 0.29) is 10.6 Å². The molecule has 2 aliphatic heterocycles. The van der Waals surface area contributed by atoms with Crippen LogP contribution in [0.5, 0.6) is 5.75 Å². The van der Waals surface area contributed by atoms with Gasteiger partial charge in [-0.25, -0.2) is 0 Å². The first kappa shape index (κ1) is 21.5. The third-order valence-electron chi connectivity index (χ3n) is 6.00. The van der Waals surface area contributed by atoms with Crippen LogP contribution in [0.4, 0.5) is 0 Å². The maximum Gasteiger partial charge on any atom is 0.192 e.